The maximum absolute atomic E-state index is 12.7. The topological polar surface area (TPSA) is 80.7 Å². The van der Waals surface area contributed by atoms with Gasteiger partial charge in [0, 0.05) is 0 Å². The van der Waals surface area contributed by atoms with Gasteiger partial charge in [0.2, 0.25) is 0 Å². The fourth-order valence-electron chi connectivity index (χ4n) is 1.12. The number of rotatable bonds is 4. The molecular formula is C9H6F4O5. The van der Waals surface area contributed by atoms with Crippen LogP contribution in [-0.4, -0.2) is 36.4 Å². The molecule has 0 spiro atoms. The van der Waals surface area contributed by atoms with Crippen LogP contribution in [0.5, 0.6) is 0 Å². The van der Waals surface area contributed by atoms with E-state index in [1.807, 2.05) is 0 Å². The predicted molar refractivity (Wildman–Crippen MR) is 46.9 cm³/mol. The lowest BCUT2D eigenvalue weighted by Gasteiger charge is -2.26. The maximum Gasteiger partial charge on any atom is 0.419 e. The van der Waals surface area contributed by atoms with Crippen LogP contribution in [0.2, 0.25) is 0 Å². The number of carbonyl (C=O) groups excluding carboxylic acids is 2. The van der Waals surface area contributed by atoms with Crippen molar-refractivity contribution in [2.24, 2.45) is 5.41 Å². The van der Waals surface area contributed by atoms with Gasteiger partial charge in [0.25, 0.3) is 5.41 Å². The summed E-state index contributed by atoms with van der Waals surface area (Å²) in [6, 6.07) is -3.29. The molecule has 0 bridgehead atoms. The van der Waals surface area contributed by atoms with Gasteiger partial charge in [-0.25, -0.2) is 4.79 Å². The van der Waals surface area contributed by atoms with Gasteiger partial charge in [-0.3, -0.25) is 9.59 Å². The number of aliphatic carboxylic acids is 1. The highest BCUT2D eigenvalue weighted by Crippen LogP contribution is 2.45. The molecule has 0 aromatic rings. The van der Waals surface area contributed by atoms with Crippen molar-refractivity contribution in [3.05, 3.63) is 17.9 Å². The third-order valence-electron chi connectivity index (χ3n) is 1.98. The fraction of sp³-hybridized carbons (Fsp3) is 0.333. The van der Waals surface area contributed by atoms with E-state index in [2.05, 4.69) is 11.3 Å². The quantitative estimate of drug-likeness (QED) is 0.206. The third-order valence-corrected chi connectivity index (χ3v) is 1.98. The van der Waals surface area contributed by atoms with E-state index in [4.69, 9.17) is 5.11 Å². The van der Waals surface area contributed by atoms with E-state index >= 15 is 0 Å². The van der Waals surface area contributed by atoms with Crippen LogP contribution in [0.1, 0.15) is 0 Å². The third kappa shape index (κ3) is 2.12. The first kappa shape index (κ1) is 15.9. The lowest BCUT2D eigenvalue weighted by molar-refractivity contribution is -0.224. The lowest BCUT2D eigenvalue weighted by Crippen LogP contribution is -2.53. The lowest BCUT2D eigenvalue weighted by atomic mass is 9.80. The highest BCUT2D eigenvalue weighted by molar-refractivity contribution is 6.11. The molecule has 0 saturated heterocycles. The van der Waals surface area contributed by atoms with Crippen molar-refractivity contribution in [1.29, 1.82) is 0 Å². The van der Waals surface area contributed by atoms with Gasteiger partial charge >= 0.3 is 24.2 Å². The molecule has 0 fully saturated rings. The molecule has 0 aliphatic rings. The Labute approximate surface area is 97.3 Å². The molecule has 0 aliphatic heterocycles. The number of hydrogen-bond acceptors (Lipinski definition) is 4. The van der Waals surface area contributed by atoms with E-state index < -0.39 is 35.1 Å². The molecular weight excluding hydrogens is 264 g/mol. The van der Waals surface area contributed by atoms with Crippen LogP contribution < -0.4 is 0 Å². The highest BCUT2D eigenvalue weighted by Gasteiger charge is 2.71. The Morgan fingerprint density at radius 3 is 1.89 bits per heavy atom. The Hall–Kier alpha value is -2.15. The average molecular weight is 270 g/mol. The number of carboxylic acids is 1. The molecule has 0 amide bonds. The van der Waals surface area contributed by atoms with Gasteiger partial charge in [-0.2, -0.15) is 17.6 Å². The summed E-state index contributed by atoms with van der Waals surface area (Å²) in [7, 11) is 0.616. The van der Waals surface area contributed by atoms with Crippen LogP contribution in [0.25, 0.3) is 0 Å². The molecule has 0 rings (SSSR count). The normalized spacial score (nSPS) is 14.1. The molecule has 9 heteroatoms. The Morgan fingerprint density at radius 1 is 1.28 bits per heavy atom. The number of methoxy groups -OCH3 is 1. The minimum atomic E-state index is -5.90. The zero-order chi connectivity index (χ0) is 14.7. The number of carbonyl (C=O) groups is 3. The van der Waals surface area contributed by atoms with Gasteiger partial charge in [-0.1, -0.05) is 6.58 Å². The molecule has 0 saturated carbocycles. The Balaban J connectivity index is 6.41. The molecule has 1 N–H and O–H groups in total. The van der Waals surface area contributed by atoms with E-state index in [-0.39, 0.29) is 0 Å². The molecule has 5 nitrogen and oxygen atoms in total. The van der Waals surface area contributed by atoms with Crippen LogP contribution >= 0.6 is 0 Å². The molecule has 18 heavy (non-hydrogen) atoms. The van der Waals surface area contributed by atoms with E-state index in [9.17, 15) is 31.9 Å². The van der Waals surface area contributed by atoms with E-state index in [0.717, 1.165) is 0 Å². The van der Waals surface area contributed by atoms with Crippen molar-refractivity contribution in [3.63, 3.8) is 0 Å². The minimum Gasteiger partial charge on any atom is -0.480 e. The van der Waals surface area contributed by atoms with E-state index in [0.29, 0.717) is 7.11 Å². The zero-order valence-electron chi connectivity index (χ0n) is 8.80. The summed E-state index contributed by atoms with van der Waals surface area (Å²) in [5.41, 5.74) is -5.28. The molecule has 1 atom stereocenters. The number of esters is 1. The second kappa shape index (κ2) is 5.01. The van der Waals surface area contributed by atoms with Gasteiger partial charge in [0.05, 0.1) is 7.11 Å². The number of carboxylic acid groups (broad SMARTS) is 1. The van der Waals surface area contributed by atoms with Gasteiger partial charge in [0.1, 0.15) is 5.57 Å². The summed E-state index contributed by atoms with van der Waals surface area (Å²) in [4.78, 5) is 32.2. The molecule has 1 unspecified atom stereocenters. The summed E-state index contributed by atoms with van der Waals surface area (Å²) in [6.45, 7) is 2.63. The smallest absolute Gasteiger partial charge is 0.419 e. The average Bonchev–Trinajstić information content (AvgIpc) is 2.21. The van der Waals surface area contributed by atoms with Crippen molar-refractivity contribution < 1.29 is 41.8 Å². The minimum absolute atomic E-state index is 0.616. The van der Waals surface area contributed by atoms with E-state index in [1.54, 1.807) is 0 Å². The Bertz CT molecular complexity index is 430. The first-order valence-corrected chi connectivity index (χ1v) is 4.06. The number of halogens is 4. The SMILES string of the molecule is C=C=C(C(=O)OC)C(C(=O)O)(C(=O)F)C(F)(F)F. The summed E-state index contributed by atoms with van der Waals surface area (Å²) in [6.07, 6.45) is -5.90. The predicted octanol–water partition coefficient (Wildman–Crippen LogP) is 1.00. The molecule has 100 valence electrons. The molecule has 0 radical (unpaired) electrons. The molecule has 0 aromatic heterocycles. The van der Waals surface area contributed by atoms with Crippen LogP contribution in [0.3, 0.4) is 0 Å². The Kier molecular flexibility index (Phi) is 4.41. The van der Waals surface area contributed by atoms with Gasteiger partial charge in [-0.15, -0.1) is 5.73 Å². The van der Waals surface area contributed by atoms with Crippen LogP contribution in [0, 0.1) is 5.41 Å². The first-order chi connectivity index (χ1) is 8.07. The van der Waals surface area contributed by atoms with Crippen molar-refractivity contribution in [2.45, 2.75) is 6.18 Å². The van der Waals surface area contributed by atoms with Crippen LogP contribution in [0.15, 0.2) is 17.9 Å². The summed E-state index contributed by atoms with van der Waals surface area (Å²) < 4.78 is 54.5. The number of alkyl halides is 3. The van der Waals surface area contributed by atoms with Crippen molar-refractivity contribution in [2.75, 3.05) is 7.11 Å². The standard InChI is InChI=1S/C9H6F4O5/c1-3-4(5(14)18-2)8(6(10)15,7(16)17)9(11,12)13/h1H2,2H3,(H,16,17). The van der Waals surface area contributed by atoms with Gasteiger partial charge in [0.15, 0.2) is 0 Å². The summed E-state index contributed by atoms with van der Waals surface area (Å²) in [5, 5.41) is 8.50. The second-order valence-electron chi connectivity index (χ2n) is 2.87. The molecule has 0 aliphatic carbocycles. The maximum atomic E-state index is 12.7. The monoisotopic (exact) mass is 270 g/mol. The Morgan fingerprint density at radius 2 is 1.72 bits per heavy atom. The fourth-order valence-corrected chi connectivity index (χ4v) is 1.12. The first-order valence-electron chi connectivity index (χ1n) is 4.06. The van der Waals surface area contributed by atoms with Crippen molar-refractivity contribution in [1.82, 2.24) is 0 Å². The second-order valence-corrected chi connectivity index (χ2v) is 2.87. The summed E-state index contributed by atoms with van der Waals surface area (Å²) >= 11 is 0. The van der Waals surface area contributed by atoms with Crippen LogP contribution in [0.4, 0.5) is 17.6 Å². The van der Waals surface area contributed by atoms with E-state index in [1.165, 1.54) is 5.73 Å². The van der Waals surface area contributed by atoms with Gasteiger partial charge in [-0.05, 0) is 0 Å². The van der Waals surface area contributed by atoms with Crippen molar-refractivity contribution in [3.8, 4) is 0 Å². The summed E-state index contributed by atoms with van der Waals surface area (Å²) in [5.74, 6) is -4.80. The van der Waals surface area contributed by atoms with Crippen molar-refractivity contribution >= 4 is 18.0 Å². The van der Waals surface area contributed by atoms with Gasteiger partial charge < -0.3 is 9.84 Å². The number of ether oxygens (including phenoxy) is 1. The molecule has 0 aromatic carbocycles. The highest BCUT2D eigenvalue weighted by atomic mass is 19.4. The van der Waals surface area contributed by atoms with Crippen LogP contribution in [-0.2, 0) is 19.1 Å². The molecule has 0 heterocycles. The zero-order valence-corrected chi connectivity index (χ0v) is 8.80. The number of hydrogen-bond donors (Lipinski definition) is 1. The largest absolute Gasteiger partial charge is 0.480 e.